The van der Waals surface area contributed by atoms with Gasteiger partial charge in [-0.25, -0.2) is 9.97 Å². The molecular formula is C22H29N7O. The number of para-hydroxylation sites is 2. The normalized spacial score (nSPS) is 18.0. The number of rotatable bonds is 6. The number of nitrogens with zero attached hydrogens (tertiary/aromatic N) is 6. The second-order valence-corrected chi connectivity index (χ2v) is 8.25. The van der Waals surface area contributed by atoms with Crippen molar-refractivity contribution in [3.8, 4) is 5.82 Å². The first-order valence-corrected chi connectivity index (χ1v) is 10.5. The van der Waals surface area contributed by atoms with Crippen molar-refractivity contribution in [2.24, 2.45) is 5.92 Å². The Bertz CT molecular complexity index is 1020. The molecule has 4 rings (SSSR count). The molecule has 158 valence electrons. The molecule has 0 saturated carbocycles. The number of carbonyl (C=O) groups is 1. The highest BCUT2D eigenvalue weighted by molar-refractivity contribution is 5.78. The van der Waals surface area contributed by atoms with Crippen molar-refractivity contribution in [1.29, 1.82) is 0 Å². The van der Waals surface area contributed by atoms with Crippen LogP contribution < -0.4 is 5.32 Å². The summed E-state index contributed by atoms with van der Waals surface area (Å²) < 4.78 is 1.97. The summed E-state index contributed by atoms with van der Waals surface area (Å²) in [6.07, 6.45) is 5.67. The number of carbonyl (C=O) groups excluding carboxylic acids is 1. The highest BCUT2D eigenvalue weighted by Gasteiger charge is 2.27. The lowest BCUT2D eigenvalue weighted by Gasteiger charge is -2.36. The number of benzene rings is 1. The summed E-state index contributed by atoms with van der Waals surface area (Å²) in [5.74, 6) is 1.93. The number of likely N-dealkylation sites (tertiary alicyclic amines) is 1. The van der Waals surface area contributed by atoms with Gasteiger partial charge in [0.2, 0.25) is 11.9 Å². The molecule has 1 saturated heterocycles. The molecule has 2 aromatic heterocycles. The molecule has 2 atom stereocenters. The first-order valence-electron chi connectivity index (χ1n) is 10.5. The minimum Gasteiger partial charge on any atom is -0.351 e. The van der Waals surface area contributed by atoms with E-state index >= 15 is 0 Å². The third-order valence-electron chi connectivity index (χ3n) is 5.67. The van der Waals surface area contributed by atoms with E-state index in [1.54, 1.807) is 12.5 Å². The number of anilines is 1. The molecular weight excluding hydrogens is 378 g/mol. The molecule has 0 spiro atoms. The van der Waals surface area contributed by atoms with E-state index in [4.69, 9.17) is 4.98 Å². The van der Waals surface area contributed by atoms with Gasteiger partial charge in [0.15, 0.2) is 0 Å². The summed E-state index contributed by atoms with van der Waals surface area (Å²) in [4.78, 5) is 29.9. The van der Waals surface area contributed by atoms with E-state index in [1.165, 1.54) is 0 Å². The van der Waals surface area contributed by atoms with Crippen LogP contribution in [-0.2, 0) is 4.79 Å². The molecule has 1 N–H and O–H groups in total. The van der Waals surface area contributed by atoms with E-state index in [1.807, 2.05) is 58.8 Å². The molecule has 0 aliphatic carbocycles. The van der Waals surface area contributed by atoms with Gasteiger partial charge in [-0.1, -0.05) is 12.1 Å². The monoisotopic (exact) mass is 407 g/mol. The SMILES string of the molecule is CC(Nc1nccc(-n2cnc3ccccc32)n1)C1CCCN(C(=O)CN(C)C)C1. The molecule has 8 nitrogen and oxygen atoms in total. The van der Waals surface area contributed by atoms with Crippen LogP contribution in [0.4, 0.5) is 5.95 Å². The Kier molecular flexibility index (Phi) is 5.94. The van der Waals surface area contributed by atoms with Gasteiger partial charge in [-0.05, 0) is 58.0 Å². The van der Waals surface area contributed by atoms with Crippen molar-refractivity contribution in [3.05, 3.63) is 42.9 Å². The van der Waals surface area contributed by atoms with E-state index in [9.17, 15) is 4.79 Å². The van der Waals surface area contributed by atoms with Gasteiger partial charge >= 0.3 is 0 Å². The molecule has 1 aromatic carbocycles. The van der Waals surface area contributed by atoms with Gasteiger partial charge in [-0.15, -0.1) is 0 Å². The van der Waals surface area contributed by atoms with E-state index in [0.29, 0.717) is 18.4 Å². The number of amides is 1. The van der Waals surface area contributed by atoms with Crippen LogP contribution in [0.5, 0.6) is 0 Å². The maximum absolute atomic E-state index is 12.4. The summed E-state index contributed by atoms with van der Waals surface area (Å²) in [5, 5.41) is 3.46. The Labute approximate surface area is 176 Å². The fourth-order valence-corrected chi connectivity index (χ4v) is 4.03. The summed E-state index contributed by atoms with van der Waals surface area (Å²) in [6, 6.07) is 10.0. The standard InChI is InChI=1S/C22H29N7O/c1-16(17-7-6-12-28(13-17)21(30)14-27(2)3)25-22-23-11-10-20(26-22)29-15-24-18-8-4-5-9-19(18)29/h4-5,8-11,15-17H,6-7,12-14H2,1-3H3,(H,23,25,26). The van der Waals surface area contributed by atoms with Gasteiger partial charge in [-0.2, -0.15) is 4.98 Å². The van der Waals surface area contributed by atoms with E-state index < -0.39 is 0 Å². The Balaban J connectivity index is 1.45. The van der Waals surface area contributed by atoms with Crippen molar-refractivity contribution in [1.82, 2.24) is 29.3 Å². The summed E-state index contributed by atoms with van der Waals surface area (Å²) in [6.45, 7) is 4.22. The molecule has 30 heavy (non-hydrogen) atoms. The molecule has 3 heterocycles. The molecule has 1 amide bonds. The quantitative estimate of drug-likeness (QED) is 0.676. The molecule has 1 aliphatic rings. The molecule has 1 fully saturated rings. The molecule has 0 radical (unpaired) electrons. The highest BCUT2D eigenvalue weighted by Crippen LogP contribution is 2.22. The summed E-state index contributed by atoms with van der Waals surface area (Å²) >= 11 is 0. The Morgan fingerprint density at radius 3 is 2.93 bits per heavy atom. The van der Waals surface area contributed by atoms with Gasteiger partial charge in [0.1, 0.15) is 12.1 Å². The minimum absolute atomic E-state index is 0.162. The van der Waals surface area contributed by atoms with Crippen molar-refractivity contribution in [2.75, 3.05) is 39.0 Å². The number of hydrogen-bond donors (Lipinski definition) is 1. The lowest BCUT2D eigenvalue weighted by Crippen LogP contribution is -2.47. The number of piperidine rings is 1. The second kappa shape index (κ2) is 8.79. The first-order chi connectivity index (χ1) is 14.5. The zero-order valence-corrected chi connectivity index (χ0v) is 17.8. The number of hydrogen-bond acceptors (Lipinski definition) is 6. The third-order valence-corrected chi connectivity index (χ3v) is 5.67. The van der Waals surface area contributed by atoms with E-state index in [2.05, 4.69) is 22.2 Å². The highest BCUT2D eigenvalue weighted by atomic mass is 16.2. The lowest BCUT2D eigenvalue weighted by atomic mass is 9.91. The Morgan fingerprint density at radius 1 is 1.27 bits per heavy atom. The Hall–Kier alpha value is -3.00. The molecule has 8 heteroatoms. The number of fused-ring (bicyclic) bond motifs is 1. The first kappa shape index (κ1) is 20.3. The number of imidazole rings is 1. The molecule has 2 unspecified atom stereocenters. The van der Waals surface area contributed by atoms with Crippen LogP contribution >= 0.6 is 0 Å². The zero-order valence-electron chi connectivity index (χ0n) is 17.8. The van der Waals surface area contributed by atoms with Crippen LogP contribution in [0.2, 0.25) is 0 Å². The Morgan fingerprint density at radius 2 is 2.10 bits per heavy atom. The second-order valence-electron chi connectivity index (χ2n) is 8.25. The van der Waals surface area contributed by atoms with Gasteiger partial charge < -0.3 is 15.1 Å². The van der Waals surface area contributed by atoms with Gasteiger partial charge in [0, 0.05) is 25.3 Å². The molecule has 0 bridgehead atoms. The van der Waals surface area contributed by atoms with Crippen molar-refractivity contribution >= 4 is 22.9 Å². The van der Waals surface area contributed by atoms with Crippen molar-refractivity contribution < 1.29 is 4.79 Å². The van der Waals surface area contributed by atoms with Crippen LogP contribution in [0.3, 0.4) is 0 Å². The van der Waals surface area contributed by atoms with E-state index in [-0.39, 0.29) is 11.9 Å². The fourth-order valence-electron chi connectivity index (χ4n) is 4.03. The van der Waals surface area contributed by atoms with Crippen LogP contribution in [-0.4, -0.2) is 75.0 Å². The zero-order chi connectivity index (χ0) is 21.1. The van der Waals surface area contributed by atoms with Crippen molar-refractivity contribution in [2.45, 2.75) is 25.8 Å². The predicted molar refractivity (Wildman–Crippen MR) is 118 cm³/mol. The van der Waals surface area contributed by atoms with Crippen LogP contribution in [0.15, 0.2) is 42.9 Å². The molecule has 3 aromatic rings. The van der Waals surface area contributed by atoms with Crippen LogP contribution in [0.1, 0.15) is 19.8 Å². The van der Waals surface area contributed by atoms with Crippen LogP contribution in [0.25, 0.3) is 16.9 Å². The lowest BCUT2D eigenvalue weighted by molar-refractivity contribution is -0.133. The van der Waals surface area contributed by atoms with Gasteiger partial charge in [-0.3, -0.25) is 9.36 Å². The fraction of sp³-hybridized carbons (Fsp3) is 0.455. The predicted octanol–water partition coefficient (Wildman–Crippen LogP) is 2.42. The molecule has 1 aliphatic heterocycles. The largest absolute Gasteiger partial charge is 0.351 e. The topological polar surface area (TPSA) is 79.2 Å². The summed E-state index contributed by atoms with van der Waals surface area (Å²) in [5.41, 5.74) is 1.95. The maximum Gasteiger partial charge on any atom is 0.236 e. The third kappa shape index (κ3) is 4.43. The van der Waals surface area contributed by atoms with Gasteiger partial charge in [0.05, 0.1) is 17.6 Å². The number of aromatic nitrogens is 4. The van der Waals surface area contributed by atoms with E-state index in [0.717, 1.165) is 42.8 Å². The average Bonchev–Trinajstić information content (AvgIpc) is 3.18. The van der Waals surface area contributed by atoms with Crippen LogP contribution in [0, 0.1) is 5.92 Å². The number of likely N-dealkylation sites (N-methyl/N-ethyl adjacent to an activating group) is 1. The number of nitrogens with one attached hydrogen (secondary N) is 1. The summed E-state index contributed by atoms with van der Waals surface area (Å²) in [7, 11) is 3.86. The van der Waals surface area contributed by atoms with Gasteiger partial charge in [0.25, 0.3) is 0 Å². The maximum atomic E-state index is 12.4. The smallest absolute Gasteiger partial charge is 0.236 e. The average molecular weight is 408 g/mol. The van der Waals surface area contributed by atoms with Crippen molar-refractivity contribution in [3.63, 3.8) is 0 Å². The minimum atomic E-state index is 0.162.